The molecule has 1 atom stereocenters. The predicted octanol–water partition coefficient (Wildman–Crippen LogP) is 5.33. The standard InChI is InChI=1S/C17H18Cl2FN/c1-3-21-17(12-7-8-16(20)11(2)9-12)10-13-14(18)5-4-6-15(13)19/h4-9,17,21H,3,10H2,1-2H3. The third-order valence-corrected chi connectivity index (χ3v) is 4.21. The van der Waals surface area contributed by atoms with Gasteiger partial charge in [-0.05, 0) is 54.8 Å². The van der Waals surface area contributed by atoms with Crippen LogP contribution in [0.25, 0.3) is 0 Å². The van der Waals surface area contributed by atoms with Gasteiger partial charge in [-0.3, -0.25) is 0 Å². The van der Waals surface area contributed by atoms with Crippen LogP contribution < -0.4 is 5.32 Å². The summed E-state index contributed by atoms with van der Waals surface area (Å²) in [7, 11) is 0. The highest BCUT2D eigenvalue weighted by Crippen LogP contribution is 2.29. The zero-order chi connectivity index (χ0) is 15.4. The van der Waals surface area contributed by atoms with Crippen molar-refractivity contribution in [2.75, 3.05) is 6.54 Å². The molecule has 0 aliphatic rings. The van der Waals surface area contributed by atoms with Gasteiger partial charge in [0.25, 0.3) is 0 Å². The SMILES string of the molecule is CCNC(Cc1c(Cl)cccc1Cl)c1ccc(F)c(C)c1. The van der Waals surface area contributed by atoms with Gasteiger partial charge in [0, 0.05) is 16.1 Å². The Balaban J connectivity index is 2.33. The Morgan fingerprint density at radius 2 is 1.81 bits per heavy atom. The van der Waals surface area contributed by atoms with Gasteiger partial charge in [-0.2, -0.15) is 0 Å². The van der Waals surface area contributed by atoms with Crippen molar-refractivity contribution in [1.82, 2.24) is 5.32 Å². The van der Waals surface area contributed by atoms with Crippen LogP contribution in [0.2, 0.25) is 10.0 Å². The van der Waals surface area contributed by atoms with E-state index in [0.29, 0.717) is 22.0 Å². The van der Waals surface area contributed by atoms with Gasteiger partial charge in [-0.25, -0.2) is 4.39 Å². The quantitative estimate of drug-likeness (QED) is 0.782. The number of hydrogen-bond acceptors (Lipinski definition) is 1. The molecule has 1 N–H and O–H groups in total. The highest BCUT2D eigenvalue weighted by molar-refractivity contribution is 6.36. The van der Waals surface area contributed by atoms with E-state index in [9.17, 15) is 4.39 Å². The van der Waals surface area contributed by atoms with Crippen molar-refractivity contribution in [3.63, 3.8) is 0 Å². The van der Waals surface area contributed by atoms with E-state index in [1.54, 1.807) is 13.0 Å². The molecule has 1 unspecified atom stereocenters. The Hall–Kier alpha value is -1.09. The lowest BCUT2D eigenvalue weighted by molar-refractivity contribution is 0.546. The fourth-order valence-electron chi connectivity index (χ4n) is 2.37. The lowest BCUT2D eigenvalue weighted by Crippen LogP contribution is -2.23. The lowest BCUT2D eigenvalue weighted by atomic mass is 9.97. The molecule has 4 heteroatoms. The zero-order valence-electron chi connectivity index (χ0n) is 12.1. The summed E-state index contributed by atoms with van der Waals surface area (Å²) >= 11 is 12.5. The minimum atomic E-state index is -0.190. The van der Waals surface area contributed by atoms with E-state index in [4.69, 9.17) is 23.2 Å². The summed E-state index contributed by atoms with van der Waals surface area (Å²) in [6.07, 6.45) is 0.664. The molecule has 0 saturated heterocycles. The second-order valence-corrected chi connectivity index (χ2v) is 5.84. The van der Waals surface area contributed by atoms with E-state index in [2.05, 4.69) is 5.32 Å². The van der Waals surface area contributed by atoms with Crippen LogP contribution in [-0.2, 0) is 6.42 Å². The predicted molar refractivity (Wildman–Crippen MR) is 87.7 cm³/mol. The van der Waals surface area contributed by atoms with Gasteiger partial charge in [-0.15, -0.1) is 0 Å². The Labute approximate surface area is 135 Å². The number of nitrogens with one attached hydrogen (secondary N) is 1. The molecule has 21 heavy (non-hydrogen) atoms. The van der Waals surface area contributed by atoms with Crippen LogP contribution in [0.15, 0.2) is 36.4 Å². The highest BCUT2D eigenvalue weighted by Gasteiger charge is 2.16. The summed E-state index contributed by atoms with van der Waals surface area (Å²) in [5, 5.41) is 4.72. The maximum atomic E-state index is 13.4. The van der Waals surface area contributed by atoms with E-state index in [1.807, 2.05) is 31.2 Å². The summed E-state index contributed by atoms with van der Waals surface area (Å²) in [6.45, 7) is 4.62. The summed E-state index contributed by atoms with van der Waals surface area (Å²) in [5.41, 5.74) is 2.58. The molecule has 0 radical (unpaired) electrons. The summed E-state index contributed by atoms with van der Waals surface area (Å²) in [6, 6.07) is 10.7. The first kappa shape index (κ1) is 16.3. The third kappa shape index (κ3) is 3.97. The number of likely N-dealkylation sites (N-methyl/N-ethyl adjacent to an activating group) is 1. The summed E-state index contributed by atoms with van der Waals surface area (Å²) in [5.74, 6) is -0.190. The zero-order valence-corrected chi connectivity index (χ0v) is 13.6. The molecule has 0 aliphatic carbocycles. The number of benzene rings is 2. The Morgan fingerprint density at radius 1 is 1.14 bits per heavy atom. The molecule has 0 amide bonds. The average molecular weight is 326 g/mol. The molecular weight excluding hydrogens is 308 g/mol. The molecule has 0 saturated carbocycles. The maximum Gasteiger partial charge on any atom is 0.126 e. The van der Waals surface area contributed by atoms with Crippen LogP contribution in [0, 0.1) is 12.7 Å². The second kappa shape index (κ2) is 7.26. The monoisotopic (exact) mass is 325 g/mol. The van der Waals surface area contributed by atoms with Gasteiger partial charge in [0.1, 0.15) is 5.82 Å². The minimum Gasteiger partial charge on any atom is -0.310 e. The van der Waals surface area contributed by atoms with Gasteiger partial charge in [0.2, 0.25) is 0 Å². The second-order valence-electron chi connectivity index (χ2n) is 5.02. The Kier molecular flexibility index (Phi) is 5.63. The largest absolute Gasteiger partial charge is 0.310 e. The minimum absolute atomic E-state index is 0.0479. The van der Waals surface area contributed by atoms with E-state index in [-0.39, 0.29) is 11.9 Å². The molecule has 0 spiro atoms. The molecule has 0 aliphatic heterocycles. The van der Waals surface area contributed by atoms with Gasteiger partial charge >= 0.3 is 0 Å². The van der Waals surface area contributed by atoms with Gasteiger partial charge in [0.05, 0.1) is 0 Å². The smallest absolute Gasteiger partial charge is 0.126 e. The maximum absolute atomic E-state index is 13.4. The first-order valence-electron chi connectivity index (χ1n) is 6.95. The molecule has 2 aromatic carbocycles. The van der Waals surface area contributed by atoms with Crippen molar-refractivity contribution in [3.05, 3.63) is 69.0 Å². The topological polar surface area (TPSA) is 12.0 Å². The summed E-state index contributed by atoms with van der Waals surface area (Å²) in [4.78, 5) is 0. The normalized spacial score (nSPS) is 12.4. The van der Waals surface area contributed by atoms with Gasteiger partial charge in [-0.1, -0.05) is 48.3 Å². The molecule has 1 nitrogen and oxygen atoms in total. The van der Waals surface area contributed by atoms with Gasteiger partial charge < -0.3 is 5.32 Å². The molecule has 2 rings (SSSR count). The molecule has 0 aromatic heterocycles. The average Bonchev–Trinajstić information content (AvgIpc) is 2.45. The first-order chi connectivity index (χ1) is 10.0. The van der Waals surface area contributed by atoms with Crippen LogP contribution in [-0.4, -0.2) is 6.54 Å². The van der Waals surface area contributed by atoms with Crippen molar-refractivity contribution in [2.45, 2.75) is 26.3 Å². The van der Waals surface area contributed by atoms with Crippen LogP contribution in [0.5, 0.6) is 0 Å². The van der Waals surface area contributed by atoms with E-state index < -0.39 is 0 Å². The van der Waals surface area contributed by atoms with Crippen molar-refractivity contribution >= 4 is 23.2 Å². The van der Waals surface area contributed by atoms with E-state index >= 15 is 0 Å². The number of hydrogen-bond donors (Lipinski definition) is 1. The van der Waals surface area contributed by atoms with Crippen molar-refractivity contribution in [1.29, 1.82) is 0 Å². The van der Waals surface area contributed by atoms with Crippen LogP contribution in [0.1, 0.15) is 29.7 Å². The van der Waals surface area contributed by atoms with Crippen molar-refractivity contribution in [2.24, 2.45) is 0 Å². The van der Waals surface area contributed by atoms with Crippen LogP contribution >= 0.6 is 23.2 Å². The fourth-order valence-corrected chi connectivity index (χ4v) is 2.92. The molecule has 2 aromatic rings. The molecule has 0 bridgehead atoms. The van der Waals surface area contributed by atoms with Gasteiger partial charge in [0.15, 0.2) is 0 Å². The van der Waals surface area contributed by atoms with E-state index in [0.717, 1.165) is 17.7 Å². The molecular formula is C17H18Cl2FN. The van der Waals surface area contributed by atoms with Crippen LogP contribution in [0.4, 0.5) is 4.39 Å². The fraction of sp³-hybridized carbons (Fsp3) is 0.294. The molecule has 0 fully saturated rings. The number of halogens is 3. The number of aryl methyl sites for hydroxylation is 1. The molecule has 112 valence electrons. The first-order valence-corrected chi connectivity index (χ1v) is 7.70. The summed E-state index contributed by atoms with van der Waals surface area (Å²) < 4.78 is 13.4. The molecule has 0 heterocycles. The van der Waals surface area contributed by atoms with Crippen molar-refractivity contribution < 1.29 is 4.39 Å². The lowest BCUT2D eigenvalue weighted by Gasteiger charge is -2.20. The van der Waals surface area contributed by atoms with E-state index in [1.165, 1.54) is 6.07 Å². The Morgan fingerprint density at radius 3 is 2.38 bits per heavy atom. The van der Waals surface area contributed by atoms with Crippen molar-refractivity contribution in [3.8, 4) is 0 Å². The third-order valence-electron chi connectivity index (χ3n) is 3.50. The Bertz CT molecular complexity index is 608. The van der Waals surface area contributed by atoms with Crippen LogP contribution in [0.3, 0.4) is 0 Å². The highest BCUT2D eigenvalue weighted by atomic mass is 35.5. The number of rotatable bonds is 5.